The van der Waals surface area contributed by atoms with E-state index in [-0.39, 0.29) is 0 Å². The highest BCUT2D eigenvalue weighted by atomic mass is 79.9. The third-order valence-electron chi connectivity index (χ3n) is 2.86. The van der Waals surface area contributed by atoms with Gasteiger partial charge in [-0.05, 0) is 59.3 Å². The van der Waals surface area contributed by atoms with Crippen LogP contribution in [0.3, 0.4) is 0 Å². The molecule has 1 atom stereocenters. The van der Waals surface area contributed by atoms with Crippen molar-refractivity contribution in [3.8, 4) is 0 Å². The quantitative estimate of drug-likeness (QED) is 0.839. The molecule has 0 aliphatic heterocycles. The molecule has 0 unspecified atom stereocenters. The van der Waals surface area contributed by atoms with E-state index >= 15 is 0 Å². The summed E-state index contributed by atoms with van der Waals surface area (Å²) in [6.45, 7) is 1.47. The number of ether oxygens (including phenoxy) is 1. The number of hydrogen-bond acceptors (Lipinski definition) is 3. The second-order valence-electron chi connectivity index (χ2n) is 4.52. The van der Waals surface area contributed by atoms with E-state index in [1.54, 1.807) is 24.3 Å². The summed E-state index contributed by atoms with van der Waals surface area (Å²) in [5.74, 6) is -1.49. The molecular weight excluding hydrogens is 353 g/mol. The van der Waals surface area contributed by atoms with Gasteiger partial charge in [-0.1, -0.05) is 12.1 Å². The van der Waals surface area contributed by atoms with Crippen LogP contribution in [0.2, 0.25) is 0 Å². The van der Waals surface area contributed by atoms with Crippen LogP contribution in [-0.2, 0) is 9.53 Å². The van der Waals surface area contributed by atoms with Crippen molar-refractivity contribution in [2.75, 3.05) is 5.32 Å². The van der Waals surface area contributed by atoms with Crippen LogP contribution in [0.15, 0.2) is 53.0 Å². The fourth-order valence-electron chi connectivity index (χ4n) is 1.68. The molecule has 1 amide bonds. The second kappa shape index (κ2) is 7.17. The maximum absolute atomic E-state index is 12.8. The number of carbonyl (C=O) groups excluding carboxylic acids is 2. The minimum atomic E-state index is -0.982. The first-order valence-corrected chi connectivity index (χ1v) is 7.28. The summed E-state index contributed by atoms with van der Waals surface area (Å²) in [6, 6.07) is 12.1. The Bertz CT molecular complexity index is 688. The Morgan fingerprint density at radius 2 is 1.77 bits per heavy atom. The number of nitrogens with one attached hydrogen (secondary N) is 1. The van der Waals surface area contributed by atoms with Gasteiger partial charge in [0.25, 0.3) is 5.91 Å². The summed E-state index contributed by atoms with van der Waals surface area (Å²) < 4.78 is 18.5. The predicted molar refractivity (Wildman–Crippen MR) is 84.0 cm³/mol. The first-order chi connectivity index (χ1) is 10.5. The highest BCUT2D eigenvalue weighted by Gasteiger charge is 2.20. The number of rotatable bonds is 4. The van der Waals surface area contributed by atoms with Gasteiger partial charge in [-0.15, -0.1) is 0 Å². The fraction of sp³-hybridized carbons (Fsp3) is 0.125. The highest BCUT2D eigenvalue weighted by Crippen LogP contribution is 2.17. The Morgan fingerprint density at radius 3 is 2.41 bits per heavy atom. The monoisotopic (exact) mass is 365 g/mol. The van der Waals surface area contributed by atoms with Gasteiger partial charge in [0.2, 0.25) is 0 Å². The minimum absolute atomic E-state index is 0.337. The van der Waals surface area contributed by atoms with Gasteiger partial charge in [-0.25, -0.2) is 9.18 Å². The molecule has 2 aromatic rings. The topological polar surface area (TPSA) is 55.4 Å². The van der Waals surface area contributed by atoms with Crippen LogP contribution in [0.25, 0.3) is 0 Å². The molecule has 0 spiro atoms. The van der Waals surface area contributed by atoms with E-state index in [0.717, 1.165) is 0 Å². The van der Waals surface area contributed by atoms with E-state index in [9.17, 15) is 14.0 Å². The van der Waals surface area contributed by atoms with Gasteiger partial charge in [-0.2, -0.15) is 0 Å². The van der Waals surface area contributed by atoms with Crippen LogP contribution in [0.5, 0.6) is 0 Å². The average Bonchev–Trinajstić information content (AvgIpc) is 2.49. The largest absolute Gasteiger partial charge is 0.449 e. The number of carbonyl (C=O) groups is 2. The van der Waals surface area contributed by atoms with E-state index in [2.05, 4.69) is 21.2 Å². The van der Waals surface area contributed by atoms with Crippen LogP contribution < -0.4 is 5.32 Å². The molecule has 0 bridgehead atoms. The molecular formula is C16H13BrFNO3. The summed E-state index contributed by atoms with van der Waals surface area (Å²) >= 11 is 3.25. The smallest absolute Gasteiger partial charge is 0.340 e. The van der Waals surface area contributed by atoms with Crippen molar-refractivity contribution in [3.63, 3.8) is 0 Å². The molecule has 22 heavy (non-hydrogen) atoms. The first kappa shape index (κ1) is 16.2. The number of halogens is 2. The lowest BCUT2D eigenvalue weighted by molar-refractivity contribution is -0.123. The molecule has 0 aromatic heterocycles. The normalized spacial score (nSPS) is 11.6. The number of benzene rings is 2. The van der Waals surface area contributed by atoms with Gasteiger partial charge < -0.3 is 10.1 Å². The second-order valence-corrected chi connectivity index (χ2v) is 5.38. The minimum Gasteiger partial charge on any atom is -0.449 e. The van der Waals surface area contributed by atoms with E-state index < -0.39 is 23.8 Å². The zero-order chi connectivity index (χ0) is 16.1. The van der Waals surface area contributed by atoms with Crippen LogP contribution >= 0.6 is 15.9 Å². The summed E-state index contributed by atoms with van der Waals surface area (Å²) in [6.07, 6.45) is -0.982. The van der Waals surface area contributed by atoms with Crippen molar-refractivity contribution in [1.82, 2.24) is 0 Å². The lowest BCUT2D eigenvalue weighted by atomic mass is 10.2. The zero-order valence-corrected chi connectivity index (χ0v) is 13.3. The SMILES string of the molecule is C[C@@H](OC(=O)c1ccccc1Br)C(=O)Nc1ccc(F)cc1. The number of anilines is 1. The molecule has 4 nitrogen and oxygen atoms in total. The Labute approximate surface area is 135 Å². The molecule has 0 aliphatic carbocycles. The molecule has 114 valence electrons. The Kier molecular flexibility index (Phi) is 5.27. The van der Waals surface area contributed by atoms with Crippen molar-refractivity contribution >= 4 is 33.5 Å². The lowest BCUT2D eigenvalue weighted by Gasteiger charge is -2.14. The fourth-order valence-corrected chi connectivity index (χ4v) is 2.13. The molecule has 0 heterocycles. The molecule has 1 N–H and O–H groups in total. The van der Waals surface area contributed by atoms with E-state index in [4.69, 9.17) is 4.74 Å². The molecule has 2 aromatic carbocycles. The molecule has 6 heteroatoms. The van der Waals surface area contributed by atoms with Crippen LogP contribution in [0, 0.1) is 5.82 Å². The standard InChI is InChI=1S/C16H13BrFNO3/c1-10(15(20)19-12-8-6-11(18)7-9-12)22-16(21)13-4-2-3-5-14(13)17/h2-10H,1H3,(H,19,20)/t10-/m1/s1. The summed E-state index contributed by atoms with van der Waals surface area (Å²) in [5.41, 5.74) is 0.763. The molecule has 0 aliphatic rings. The molecule has 0 saturated heterocycles. The van der Waals surface area contributed by atoms with E-state index in [1.807, 2.05) is 0 Å². The van der Waals surface area contributed by atoms with Gasteiger partial charge in [0.1, 0.15) is 5.82 Å². The Morgan fingerprint density at radius 1 is 1.14 bits per heavy atom. The van der Waals surface area contributed by atoms with Gasteiger partial charge in [-0.3, -0.25) is 4.79 Å². The average molecular weight is 366 g/mol. The number of esters is 1. The van der Waals surface area contributed by atoms with Crippen LogP contribution in [0.4, 0.5) is 10.1 Å². The third kappa shape index (κ3) is 4.14. The lowest BCUT2D eigenvalue weighted by Crippen LogP contribution is -2.30. The molecule has 0 saturated carbocycles. The van der Waals surface area contributed by atoms with Crippen molar-refractivity contribution in [3.05, 3.63) is 64.4 Å². The Hall–Kier alpha value is -2.21. The third-order valence-corrected chi connectivity index (χ3v) is 3.55. The van der Waals surface area contributed by atoms with Gasteiger partial charge in [0, 0.05) is 10.2 Å². The molecule has 0 fully saturated rings. The van der Waals surface area contributed by atoms with Crippen LogP contribution in [-0.4, -0.2) is 18.0 Å². The van der Waals surface area contributed by atoms with Crippen molar-refractivity contribution in [1.29, 1.82) is 0 Å². The maximum atomic E-state index is 12.8. The van der Waals surface area contributed by atoms with Crippen molar-refractivity contribution < 1.29 is 18.7 Å². The molecule has 2 rings (SSSR count). The summed E-state index contributed by atoms with van der Waals surface area (Å²) in [7, 11) is 0. The van der Waals surface area contributed by atoms with Crippen molar-refractivity contribution in [2.24, 2.45) is 0 Å². The van der Waals surface area contributed by atoms with E-state index in [1.165, 1.54) is 31.2 Å². The molecule has 0 radical (unpaired) electrons. The first-order valence-electron chi connectivity index (χ1n) is 6.49. The highest BCUT2D eigenvalue weighted by molar-refractivity contribution is 9.10. The number of hydrogen-bond donors (Lipinski definition) is 1. The van der Waals surface area contributed by atoms with Crippen LogP contribution in [0.1, 0.15) is 17.3 Å². The van der Waals surface area contributed by atoms with Crippen molar-refractivity contribution in [2.45, 2.75) is 13.0 Å². The zero-order valence-electron chi connectivity index (χ0n) is 11.7. The summed E-state index contributed by atoms with van der Waals surface area (Å²) in [4.78, 5) is 24.0. The summed E-state index contributed by atoms with van der Waals surface area (Å²) in [5, 5.41) is 2.55. The van der Waals surface area contributed by atoms with Gasteiger partial charge >= 0.3 is 5.97 Å². The number of amides is 1. The Balaban J connectivity index is 1.98. The maximum Gasteiger partial charge on any atom is 0.340 e. The predicted octanol–water partition coefficient (Wildman–Crippen LogP) is 3.77. The van der Waals surface area contributed by atoms with Gasteiger partial charge in [0.05, 0.1) is 5.56 Å². The van der Waals surface area contributed by atoms with Gasteiger partial charge in [0.15, 0.2) is 6.10 Å². The van der Waals surface area contributed by atoms with E-state index in [0.29, 0.717) is 15.7 Å².